The minimum Gasteiger partial charge on any atom is -0.449 e. The number of fused-ring (bicyclic) bond motifs is 2. The third-order valence-electron chi connectivity index (χ3n) is 14.7. The van der Waals surface area contributed by atoms with E-state index in [1.54, 1.807) is 45.2 Å². The van der Waals surface area contributed by atoms with Crippen LogP contribution < -0.4 is 42.4 Å². The lowest BCUT2D eigenvalue weighted by atomic mass is 9.94. The van der Waals surface area contributed by atoms with Gasteiger partial charge in [0.2, 0.25) is 23.6 Å². The highest BCUT2D eigenvalue weighted by molar-refractivity contribution is 5.98. The summed E-state index contributed by atoms with van der Waals surface area (Å²) in [5.41, 5.74) is 5.59. The van der Waals surface area contributed by atoms with Crippen LogP contribution in [0.25, 0.3) is 0 Å². The zero-order valence-corrected chi connectivity index (χ0v) is 49.3. The number of nitro groups is 1. The average molecular weight is 1150 g/mol. The molecule has 1 fully saturated rings. The van der Waals surface area contributed by atoms with Gasteiger partial charge >= 0.3 is 18.3 Å². The number of aromatic nitrogens is 3. The van der Waals surface area contributed by atoms with Crippen LogP contribution in [0, 0.1) is 39.2 Å². The number of hydrogen-bond acceptors (Lipinski definition) is 16. The van der Waals surface area contributed by atoms with Gasteiger partial charge in [0.1, 0.15) is 24.4 Å². The molecule has 0 saturated heterocycles. The summed E-state index contributed by atoms with van der Waals surface area (Å²) in [7, 11) is 1.59. The number of carbonyl (C=O) groups is 7. The normalized spacial score (nSPS) is 16.8. The van der Waals surface area contributed by atoms with E-state index in [1.807, 2.05) is 60.1 Å². The number of alkyl carbamates (subject to hydrolysis) is 1. The van der Waals surface area contributed by atoms with Crippen molar-refractivity contribution in [2.45, 2.75) is 162 Å². The number of hydrogen-bond donors (Lipinski definition) is 7. The molecule has 1 saturated carbocycles. The van der Waals surface area contributed by atoms with E-state index >= 15 is 0 Å². The summed E-state index contributed by atoms with van der Waals surface area (Å²) in [5.74, 6) is -0.836. The number of aryl methyl sites for hydroxylation is 1. The van der Waals surface area contributed by atoms with Crippen LogP contribution in [0.15, 0.2) is 48.5 Å². The highest BCUT2D eigenvalue weighted by Crippen LogP contribution is 2.53. The fraction of sp³-hybridized carbons (Fsp3) is 0.632. The lowest BCUT2D eigenvalue weighted by Gasteiger charge is -2.33. The van der Waals surface area contributed by atoms with Crippen molar-refractivity contribution in [3.8, 4) is 5.75 Å². The van der Waals surface area contributed by atoms with E-state index in [4.69, 9.17) is 29.4 Å². The van der Waals surface area contributed by atoms with Crippen LogP contribution in [0.2, 0.25) is 0 Å². The summed E-state index contributed by atoms with van der Waals surface area (Å²) in [6.07, 6.45) is 2.81. The molecule has 0 aliphatic heterocycles. The Hall–Kier alpha value is -7.41. The van der Waals surface area contributed by atoms with Crippen LogP contribution in [0.3, 0.4) is 0 Å². The predicted octanol–water partition coefficient (Wildman–Crippen LogP) is 6.35. The summed E-state index contributed by atoms with van der Waals surface area (Å²) in [4.78, 5) is 99.7. The minimum atomic E-state index is -1.08. The van der Waals surface area contributed by atoms with Gasteiger partial charge in [-0.3, -0.25) is 29.3 Å². The summed E-state index contributed by atoms with van der Waals surface area (Å²) < 4.78 is 30.4. The second kappa shape index (κ2) is 29.0. The van der Waals surface area contributed by atoms with Crippen molar-refractivity contribution in [3.63, 3.8) is 0 Å². The first-order chi connectivity index (χ1) is 38.5. The third kappa shape index (κ3) is 20.8. The van der Waals surface area contributed by atoms with Crippen LogP contribution in [-0.2, 0) is 63.1 Å². The molecule has 0 spiro atoms. The van der Waals surface area contributed by atoms with Gasteiger partial charge in [0.25, 0.3) is 5.69 Å². The second-order valence-electron chi connectivity index (χ2n) is 24.2. The molecule has 5 atom stereocenters. The van der Waals surface area contributed by atoms with Crippen molar-refractivity contribution in [3.05, 3.63) is 75.6 Å². The van der Waals surface area contributed by atoms with E-state index in [2.05, 4.69) is 42.2 Å². The minimum absolute atomic E-state index is 0.0371. The van der Waals surface area contributed by atoms with Gasteiger partial charge in [-0.05, 0) is 140 Å². The Labute approximate surface area is 479 Å². The zero-order chi connectivity index (χ0) is 60.6. The number of rotatable bonds is 30. The molecule has 1 aromatic heterocycles. The van der Waals surface area contributed by atoms with Crippen LogP contribution in [0.1, 0.15) is 131 Å². The number of primary amides is 1. The summed E-state index contributed by atoms with van der Waals surface area (Å²) in [5, 5.41) is 36.5. The average Bonchev–Trinajstić information content (AvgIpc) is 3.93. The van der Waals surface area contributed by atoms with Crippen LogP contribution in [0.5, 0.6) is 5.75 Å². The van der Waals surface area contributed by atoms with E-state index in [-0.39, 0.29) is 85.9 Å². The van der Waals surface area contributed by atoms with Gasteiger partial charge in [0.05, 0.1) is 59.3 Å². The Kier molecular flexibility index (Phi) is 23.1. The Morgan fingerprint density at radius 2 is 1.48 bits per heavy atom. The number of benzene rings is 2. The molecule has 0 bridgehead atoms. The van der Waals surface area contributed by atoms with Gasteiger partial charge in [-0.1, -0.05) is 45.0 Å². The highest BCUT2D eigenvalue weighted by atomic mass is 16.7. The monoisotopic (exact) mass is 1150 g/mol. The third-order valence-corrected chi connectivity index (χ3v) is 14.7. The van der Waals surface area contributed by atoms with Crippen LogP contribution in [-0.4, -0.2) is 125 Å². The number of ether oxygens (including phenoxy) is 5. The van der Waals surface area contributed by atoms with E-state index in [1.165, 1.54) is 24.3 Å². The summed E-state index contributed by atoms with van der Waals surface area (Å²) >= 11 is 0. The molecule has 3 aromatic rings. The number of non-ortho nitro benzene ring substituents is 1. The van der Waals surface area contributed by atoms with Crippen molar-refractivity contribution in [2.75, 3.05) is 45.3 Å². The fourth-order valence-electron chi connectivity index (χ4n) is 9.57. The molecular formula is C57H85N11O14. The maximum Gasteiger partial charge on any atom is 0.514 e. The Bertz CT molecular complexity index is 2690. The smallest absolute Gasteiger partial charge is 0.449 e. The molecule has 4 unspecified atom stereocenters. The lowest BCUT2D eigenvalue weighted by molar-refractivity contribution is -0.384. The standard InChI is InChI=1S/C57H85N11O14/c1-35(2)48(50(72)63-44(13-12-28-60-51(58)73)49(71)62-37-16-14-36(15-17-37)30-79-53(75)82-39-20-18-38(19-21-39)68(76)77)64-46(69)26-27-56(7,8)81-34-55(5,6)67-45-25-23-41-40(22-24-43(45)65-66-67)42(41)31-78-52(74)61-32-54(3,4)33-80-57(9,10)29-47(70)59-11/h14-21,35,40-42,44,48H,12-13,22-34H2,1-11H3,(H,59,70)(H,61,74)(H,62,71)(H,63,72)(H,64,69)(H3,58,60,73)/t40?,41?,42?,44-,48?/m0/s1. The van der Waals surface area contributed by atoms with E-state index in [0.717, 1.165) is 37.1 Å². The molecule has 2 aliphatic carbocycles. The molecule has 82 heavy (non-hydrogen) atoms. The summed E-state index contributed by atoms with van der Waals surface area (Å²) in [6, 6.07) is 8.44. The number of amides is 7. The molecule has 7 amide bonds. The van der Waals surface area contributed by atoms with Crippen molar-refractivity contribution < 1.29 is 62.2 Å². The number of anilines is 1. The quantitative estimate of drug-likeness (QED) is 0.0126. The Morgan fingerprint density at radius 1 is 0.817 bits per heavy atom. The first kappa shape index (κ1) is 65.4. The second-order valence-corrected chi connectivity index (χ2v) is 24.2. The summed E-state index contributed by atoms with van der Waals surface area (Å²) in [6.45, 7) is 20.4. The number of nitrogens with two attached hydrogens (primary N) is 1. The molecule has 0 radical (unpaired) electrons. The first-order valence-electron chi connectivity index (χ1n) is 27.9. The molecule has 452 valence electrons. The van der Waals surface area contributed by atoms with Gasteiger partial charge in [-0.2, -0.15) is 0 Å². The number of nitro benzene ring substituents is 1. The number of carbonyl (C=O) groups excluding carboxylic acids is 7. The van der Waals surface area contributed by atoms with Gasteiger partial charge in [-0.15, -0.1) is 5.10 Å². The van der Waals surface area contributed by atoms with E-state index in [0.29, 0.717) is 49.3 Å². The Balaban J connectivity index is 1.07. The number of nitrogens with one attached hydrogen (secondary N) is 6. The maximum atomic E-state index is 13.9. The van der Waals surface area contributed by atoms with E-state index in [9.17, 15) is 43.7 Å². The lowest BCUT2D eigenvalue weighted by Crippen LogP contribution is -2.54. The van der Waals surface area contributed by atoms with Gasteiger partial charge < -0.3 is 61.3 Å². The topological polar surface area (TPSA) is 338 Å². The Morgan fingerprint density at radius 3 is 2.11 bits per heavy atom. The molecular weight excluding hydrogens is 1060 g/mol. The molecule has 5 rings (SSSR count). The molecule has 1 heterocycles. The number of nitrogens with zero attached hydrogens (tertiary/aromatic N) is 4. The fourth-order valence-corrected chi connectivity index (χ4v) is 9.57. The van der Waals surface area contributed by atoms with Crippen LogP contribution in [0.4, 0.5) is 25.8 Å². The molecule has 25 nitrogen and oxygen atoms in total. The largest absolute Gasteiger partial charge is 0.514 e. The van der Waals surface area contributed by atoms with E-state index < -0.39 is 63.8 Å². The molecule has 25 heteroatoms. The predicted molar refractivity (Wildman–Crippen MR) is 302 cm³/mol. The van der Waals surface area contributed by atoms with Crippen molar-refractivity contribution in [1.82, 2.24) is 41.6 Å². The molecule has 2 aromatic carbocycles. The first-order valence-corrected chi connectivity index (χ1v) is 27.9. The van der Waals surface area contributed by atoms with Gasteiger partial charge in [0, 0.05) is 49.8 Å². The van der Waals surface area contributed by atoms with Crippen molar-refractivity contribution in [2.24, 2.45) is 34.8 Å². The highest BCUT2D eigenvalue weighted by Gasteiger charge is 2.51. The van der Waals surface area contributed by atoms with Crippen molar-refractivity contribution in [1.29, 1.82) is 0 Å². The number of urea groups is 1. The van der Waals surface area contributed by atoms with Gasteiger partial charge in [0.15, 0.2) is 0 Å². The van der Waals surface area contributed by atoms with Crippen molar-refractivity contribution >= 4 is 53.3 Å². The van der Waals surface area contributed by atoms with Gasteiger partial charge in [-0.25, -0.2) is 19.1 Å². The zero-order valence-electron chi connectivity index (χ0n) is 49.3. The molecule has 2 aliphatic rings. The SMILES string of the molecule is CNC(=O)CC(C)(C)OCC(C)(C)CNC(=O)OCC1C2CCc3nnn(C(C)(C)COC(C)(C)CCC(=O)NC(C(=O)N[C@@H](CCCNC(N)=O)C(=O)Nc4ccc(COC(=O)Oc5ccc([N+](=O)[O-])cc5)cc4)C(C)C)c3CCC21. The maximum absolute atomic E-state index is 13.9. The molecule has 8 N–H and O–H groups in total. The van der Waals surface area contributed by atoms with Crippen LogP contribution >= 0.6 is 0 Å².